The zero-order valence-corrected chi connectivity index (χ0v) is 27.6. The number of rotatable bonds is 3. The predicted molar refractivity (Wildman–Crippen MR) is 160 cm³/mol. The van der Waals surface area contributed by atoms with Crippen molar-refractivity contribution < 1.29 is 23.8 Å². The average Bonchev–Trinajstić information content (AvgIpc) is 3.63. The molecule has 0 radical (unpaired) electrons. The van der Waals surface area contributed by atoms with Crippen molar-refractivity contribution in [2.45, 2.75) is 144 Å². The highest BCUT2D eigenvalue weighted by atomic mass is 16.6. The summed E-state index contributed by atoms with van der Waals surface area (Å²) in [6.07, 6.45) is 12.2. The van der Waals surface area contributed by atoms with E-state index < -0.39 is 5.41 Å². The summed E-state index contributed by atoms with van der Waals surface area (Å²) in [5.74, 6) is 0.254. The maximum Gasteiger partial charge on any atom is 0.312 e. The summed E-state index contributed by atoms with van der Waals surface area (Å²) < 4.78 is 18.9. The molecule has 1 unspecified atom stereocenters. The molecule has 0 amide bonds. The van der Waals surface area contributed by atoms with Crippen LogP contribution >= 0.6 is 0 Å². The number of epoxide rings is 1. The first-order valence-corrected chi connectivity index (χ1v) is 16.4. The average molecular weight is 569 g/mol. The van der Waals surface area contributed by atoms with E-state index in [2.05, 4.69) is 68.0 Å². The highest BCUT2D eigenvalue weighted by Gasteiger charge is 2.89. The second-order valence-corrected chi connectivity index (χ2v) is 17.6. The molecule has 0 N–H and O–H groups in total. The number of hydrogen-bond donors (Lipinski definition) is 0. The van der Waals surface area contributed by atoms with Crippen LogP contribution in [0.4, 0.5) is 0 Å². The van der Waals surface area contributed by atoms with Gasteiger partial charge in [0.15, 0.2) is 0 Å². The molecule has 1 spiro atoms. The van der Waals surface area contributed by atoms with Crippen molar-refractivity contribution in [3.05, 3.63) is 12.7 Å². The van der Waals surface area contributed by atoms with E-state index in [1.54, 1.807) is 14.0 Å². The largest absolute Gasteiger partial charge is 0.469 e. The smallest absolute Gasteiger partial charge is 0.312 e. The van der Waals surface area contributed by atoms with E-state index in [0.29, 0.717) is 5.92 Å². The zero-order chi connectivity index (χ0) is 30.3. The van der Waals surface area contributed by atoms with Gasteiger partial charge in [-0.15, -0.1) is 6.58 Å². The third-order valence-electron chi connectivity index (χ3n) is 16.0. The number of hydrogen-bond acceptors (Lipinski definition) is 5. The summed E-state index contributed by atoms with van der Waals surface area (Å²) in [7, 11) is 1.58. The molecule has 5 aliphatic carbocycles. The van der Waals surface area contributed by atoms with Gasteiger partial charge in [0.2, 0.25) is 0 Å². The first-order chi connectivity index (χ1) is 18.8. The van der Waals surface area contributed by atoms with Crippen LogP contribution < -0.4 is 0 Å². The maximum atomic E-state index is 13.8. The topological polar surface area (TPSA) is 65.1 Å². The summed E-state index contributed by atoms with van der Waals surface area (Å²) in [6, 6.07) is 0. The maximum absolute atomic E-state index is 13.8. The second-order valence-electron chi connectivity index (χ2n) is 17.6. The van der Waals surface area contributed by atoms with Gasteiger partial charge in [0, 0.05) is 28.6 Å². The van der Waals surface area contributed by atoms with Gasteiger partial charge < -0.3 is 14.2 Å². The second kappa shape index (κ2) is 8.21. The van der Waals surface area contributed by atoms with Crippen molar-refractivity contribution in [1.29, 1.82) is 0 Å². The van der Waals surface area contributed by atoms with Gasteiger partial charge in [0.05, 0.1) is 18.6 Å². The molecule has 6 rings (SSSR count). The summed E-state index contributed by atoms with van der Waals surface area (Å²) in [5.41, 5.74) is -1.28. The molecular formula is C36H56O5. The summed E-state index contributed by atoms with van der Waals surface area (Å²) in [5, 5.41) is 0. The van der Waals surface area contributed by atoms with E-state index in [4.69, 9.17) is 14.2 Å². The van der Waals surface area contributed by atoms with Crippen LogP contribution in [0.3, 0.4) is 0 Å². The molecule has 0 aromatic carbocycles. The van der Waals surface area contributed by atoms with Crippen LogP contribution in [-0.4, -0.2) is 36.9 Å². The Balaban J connectivity index is 1.48. The predicted octanol–water partition coefficient (Wildman–Crippen LogP) is 8.05. The van der Waals surface area contributed by atoms with Crippen molar-refractivity contribution >= 4 is 11.9 Å². The van der Waals surface area contributed by atoms with Crippen LogP contribution in [-0.2, 0) is 23.8 Å². The molecule has 6 aliphatic rings. The highest BCUT2D eigenvalue weighted by Crippen LogP contribution is 2.87. The van der Waals surface area contributed by atoms with Crippen LogP contribution in [0.15, 0.2) is 12.7 Å². The van der Waals surface area contributed by atoms with Gasteiger partial charge in [-0.25, -0.2) is 0 Å². The van der Waals surface area contributed by atoms with Gasteiger partial charge in [-0.3, -0.25) is 9.59 Å². The Labute approximate surface area is 248 Å². The number of methoxy groups -OCH3 is 1. The van der Waals surface area contributed by atoms with E-state index in [0.717, 1.165) is 64.2 Å². The molecule has 6 fully saturated rings. The molecule has 0 aromatic rings. The molecule has 10 atom stereocenters. The fourth-order valence-corrected chi connectivity index (χ4v) is 13.8. The van der Waals surface area contributed by atoms with E-state index >= 15 is 0 Å². The lowest BCUT2D eigenvalue weighted by atomic mass is 9.26. The minimum atomic E-state index is -0.484. The normalized spacial score (nSPS) is 54.1. The van der Waals surface area contributed by atoms with E-state index in [1.165, 1.54) is 0 Å². The standard InChI is InChI=1S/C36H56O5/c1-12-35-20-16-30(7)24(31(35,8)14-13-25(29(35,5)6)40-23(2)37)21-26-36(41-26)32(30,9)17-19-34(27(38)39-11)18-15-28(3,4)22-33(34,36)10/h12,24-26H,1,13-22H2,2-11H3/t24?,25-,26-,30+,31+,32-,33+,34+,35-,36-/m0/s1. The van der Waals surface area contributed by atoms with Gasteiger partial charge in [-0.2, -0.15) is 0 Å². The molecule has 230 valence electrons. The molecule has 0 bridgehead atoms. The monoisotopic (exact) mass is 568 g/mol. The van der Waals surface area contributed by atoms with E-state index in [9.17, 15) is 9.59 Å². The van der Waals surface area contributed by atoms with Crippen molar-refractivity contribution in [3.63, 3.8) is 0 Å². The molecular weight excluding hydrogens is 512 g/mol. The van der Waals surface area contributed by atoms with Crippen LogP contribution in [0.5, 0.6) is 0 Å². The Bertz CT molecular complexity index is 1190. The van der Waals surface area contributed by atoms with Gasteiger partial charge >= 0.3 is 11.9 Å². The zero-order valence-electron chi connectivity index (χ0n) is 27.6. The third-order valence-corrected chi connectivity index (χ3v) is 16.0. The molecule has 5 heteroatoms. The number of esters is 2. The fraction of sp³-hybridized carbons (Fsp3) is 0.889. The van der Waals surface area contributed by atoms with Crippen molar-refractivity contribution in [3.8, 4) is 0 Å². The van der Waals surface area contributed by atoms with Gasteiger partial charge in [0.25, 0.3) is 0 Å². The molecule has 1 aliphatic heterocycles. The molecule has 5 saturated carbocycles. The molecule has 1 heterocycles. The van der Waals surface area contributed by atoms with Crippen molar-refractivity contribution in [2.24, 2.45) is 49.2 Å². The molecule has 0 aromatic heterocycles. The number of fused-ring (bicyclic) bond motifs is 5. The Morgan fingerprint density at radius 3 is 2.12 bits per heavy atom. The lowest BCUT2D eigenvalue weighted by Gasteiger charge is -2.76. The Morgan fingerprint density at radius 2 is 1.51 bits per heavy atom. The van der Waals surface area contributed by atoms with Gasteiger partial charge in [0.1, 0.15) is 11.7 Å². The SMILES string of the molecule is C=C[C@@]12CC[C@]3(C)C(C[C@@H]4O[C@@]45[C@]4(C)CC(C)(C)CC[C@]4(C(=O)OC)CC[C@]53C)[C@@]1(C)CC[C@H](OC(C)=O)C2(C)C. The number of allylic oxidation sites excluding steroid dienone is 1. The number of carbonyl (C=O) groups excluding carboxylic acids is 2. The Hall–Kier alpha value is -1.36. The van der Waals surface area contributed by atoms with E-state index in [-0.39, 0.29) is 67.7 Å². The van der Waals surface area contributed by atoms with Gasteiger partial charge in [-0.05, 0) is 86.4 Å². The Kier molecular flexibility index (Phi) is 5.95. The summed E-state index contributed by atoms with van der Waals surface area (Å²) in [4.78, 5) is 26.0. The number of carbonyl (C=O) groups is 2. The quantitative estimate of drug-likeness (QED) is 0.196. The van der Waals surface area contributed by atoms with Crippen LogP contribution in [0.25, 0.3) is 0 Å². The molecule has 1 saturated heterocycles. The lowest BCUT2D eigenvalue weighted by molar-refractivity contribution is -0.282. The lowest BCUT2D eigenvalue weighted by Crippen LogP contribution is -2.76. The third kappa shape index (κ3) is 2.99. The Morgan fingerprint density at radius 1 is 0.854 bits per heavy atom. The van der Waals surface area contributed by atoms with Crippen LogP contribution in [0, 0.1) is 49.2 Å². The highest BCUT2D eigenvalue weighted by molar-refractivity contribution is 5.79. The van der Waals surface area contributed by atoms with E-state index in [1.807, 2.05) is 0 Å². The number of ether oxygens (including phenoxy) is 3. The van der Waals surface area contributed by atoms with Crippen LogP contribution in [0.2, 0.25) is 0 Å². The minimum absolute atomic E-state index is 0.00659. The first-order valence-electron chi connectivity index (χ1n) is 16.4. The molecule has 5 nitrogen and oxygen atoms in total. The van der Waals surface area contributed by atoms with Crippen LogP contribution in [0.1, 0.15) is 127 Å². The minimum Gasteiger partial charge on any atom is -0.469 e. The fourth-order valence-electron chi connectivity index (χ4n) is 13.8. The van der Waals surface area contributed by atoms with Gasteiger partial charge in [-0.1, -0.05) is 61.5 Å². The van der Waals surface area contributed by atoms with Crippen molar-refractivity contribution in [1.82, 2.24) is 0 Å². The van der Waals surface area contributed by atoms with Crippen molar-refractivity contribution in [2.75, 3.05) is 7.11 Å². The molecule has 41 heavy (non-hydrogen) atoms. The summed E-state index contributed by atoms with van der Waals surface area (Å²) >= 11 is 0. The first kappa shape index (κ1) is 29.7. The summed E-state index contributed by atoms with van der Waals surface area (Å²) in [6.45, 7) is 25.5.